The largest absolute Gasteiger partial charge is 0.459 e. The van der Waals surface area contributed by atoms with Crippen LogP contribution in [0.1, 0.15) is 0 Å². The molecule has 0 saturated carbocycles. The Morgan fingerprint density at radius 3 is 2.30 bits per heavy atom. The van der Waals surface area contributed by atoms with Crippen LogP contribution in [0.4, 0.5) is 13.2 Å². The number of nitrogens with zero attached hydrogens (tertiary/aromatic N) is 1. The molecule has 3 nitrogen and oxygen atoms in total. The third kappa shape index (κ3) is 4.67. The van der Waals surface area contributed by atoms with Gasteiger partial charge in [0.25, 0.3) is 0 Å². The third-order valence-electron chi connectivity index (χ3n) is 3.85. The lowest BCUT2D eigenvalue weighted by molar-refractivity contribution is -0.0809. The highest BCUT2D eigenvalue weighted by Crippen LogP contribution is 2.25. The van der Waals surface area contributed by atoms with Gasteiger partial charge in [0.1, 0.15) is 0 Å². The molecule has 0 spiro atoms. The molecule has 1 heterocycles. The number of rotatable bonds is 4. The van der Waals surface area contributed by atoms with Crippen LogP contribution in [0.25, 0.3) is 22.3 Å². The number of pyridine rings is 1. The SMILES string of the molecule is Cn1cc(OC=CC(F)(F)F)c(=O)c(-c2cccc(-c3ccccc3)c2)c1. The molecular weight excluding hydrogens is 355 g/mol. The number of halogens is 3. The van der Waals surface area contributed by atoms with Gasteiger partial charge >= 0.3 is 6.18 Å². The zero-order valence-electron chi connectivity index (χ0n) is 14.4. The molecule has 0 amide bonds. The summed E-state index contributed by atoms with van der Waals surface area (Å²) in [6.07, 6.45) is -1.14. The molecule has 2 aromatic carbocycles. The normalized spacial score (nSPS) is 11.7. The van der Waals surface area contributed by atoms with E-state index in [-0.39, 0.29) is 11.8 Å². The van der Waals surface area contributed by atoms with E-state index in [2.05, 4.69) is 0 Å². The molecule has 6 heteroatoms. The Balaban J connectivity index is 2.00. The maximum Gasteiger partial charge on any atom is 0.412 e. The first-order valence-electron chi connectivity index (χ1n) is 8.11. The number of hydrogen-bond acceptors (Lipinski definition) is 2. The highest BCUT2D eigenvalue weighted by molar-refractivity contribution is 5.73. The first-order valence-corrected chi connectivity index (χ1v) is 8.11. The van der Waals surface area contributed by atoms with Gasteiger partial charge in [-0.05, 0) is 22.8 Å². The van der Waals surface area contributed by atoms with Gasteiger partial charge in [0.05, 0.1) is 18.5 Å². The van der Waals surface area contributed by atoms with Gasteiger partial charge < -0.3 is 9.30 Å². The third-order valence-corrected chi connectivity index (χ3v) is 3.85. The predicted molar refractivity (Wildman–Crippen MR) is 98.4 cm³/mol. The topological polar surface area (TPSA) is 31.2 Å². The first-order chi connectivity index (χ1) is 12.8. The summed E-state index contributed by atoms with van der Waals surface area (Å²) in [7, 11) is 1.67. The molecular formula is C21H16F3NO2. The second-order valence-corrected chi connectivity index (χ2v) is 5.94. The minimum atomic E-state index is -4.51. The van der Waals surface area contributed by atoms with Crippen molar-refractivity contribution in [3.05, 3.63) is 89.6 Å². The Morgan fingerprint density at radius 2 is 1.59 bits per heavy atom. The van der Waals surface area contributed by atoms with Crippen molar-refractivity contribution in [1.29, 1.82) is 0 Å². The summed E-state index contributed by atoms with van der Waals surface area (Å²) in [6.45, 7) is 0. The maximum absolute atomic E-state index is 12.7. The first kappa shape index (κ1) is 18.5. The van der Waals surface area contributed by atoms with Gasteiger partial charge in [-0.3, -0.25) is 4.79 Å². The Morgan fingerprint density at radius 1 is 0.926 bits per heavy atom. The molecule has 3 aromatic rings. The fourth-order valence-electron chi connectivity index (χ4n) is 2.65. The average molecular weight is 371 g/mol. The van der Waals surface area contributed by atoms with Crippen molar-refractivity contribution in [3.8, 4) is 28.0 Å². The second kappa shape index (κ2) is 7.53. The molecule has 0 bridgehead atoms. The van der Waals surface area contributed by atoms with Crippen molar-refractivity contribution in [2.45, 2.75) is 6.18 Å². The molecule has 0 aliphatic heterocycles. The number of aromatic nitrogens is 1. The Hall–Kier alpha value is -3.28. The highest BCUT2D eigenvalue weighted by Gasteiger charge is 2.22. The lowest BCUT2D eigenvalue weighted by Crippen LogP contribution is -2.12. The summed E-state index contributed by atoms with van der Waals surface area (Å²) in [6, 6.07) is 17.1. The molecule has 0 saturated heterocycles. The number of benzene rings is 2. The second-order valence-electron chi connectivity index (χ2n) is 5.94. The summed E-state index contributed by atoms with van der Waals surface area (Å²) in [5.74, 6) is -0.180. The molecule has 0 aliphatic carbocycles. The smallest absolute Gasteiger partial charge is 0.412 e. The molecule has 0 atom stereocenters. The zero-order chi connectivity index (χ0) is 19.4. The standard InChI is InChI=1S/C21H16F3NO2/c1-25-13-18(20(26)19(14-25)27-11-10-21(22,23)24)17-9-5-8-16(12-17)15-6-3-2-4-7-15/h2-14H,1H3. The molecule has 0 aliphatic rings. The van der Waals surface area contributed by atoms with E-state index in [4.69, 9.17) is 4.74 Å². The Bertz CT molecular complexity index is 1020. The predicted octanol–water partition coefficient (Wildman–Crippen LogP) is 5.17. The molecule has 0 fully saturated rings. The number of aryl methyl sites for hydroxylation is 1. The van der Waals surface area contributed by atoms with Crippen molar-refractivity contribution in [2.75, 3.05) is 0 Å². The highest BCUT2D eigenvalue weighted by atomic mass is 19.4. The quantitative estimate of drug-likeness (QED) is 0.592. The van der Waals surface area contributed by atoms with Gasteiger partial charge in [-0.1, -0.05) is 48.5 Å². The van der Waals surface area contributed by atoms with Crippen LogP contribution in [0.15, 0.2) is 84.1 Å². The summed E-state index contributed by atoms with van der Waals surface area (Å²) < 4.78 is 43.2. The Labute approximate surface area is 154 Å². The van der Waals surface area contributed by atoms with Crippen molar-refractivity contribution in [2.24, 2.45) is 7.05 Å². The van der Waals surface area contributed by atoms with E-state index in [9.17, 15) is 18.0 Å². The van der Waals surface area contributed by atoms with Gasteiger partial charge in [0, 0.05) is 18.8 Å². The van der Waals surface area contributed by atoms with Crippen molar-refractivity contribution in [3.63, 3.8) is 0 Å². The fraction of sp³-hybridized carbons (Fsp3) is 0.0952. The number of ether oxygens (including phenoxy) is 1. The molecule has 0 radical (unpaired) electrons. The molecule has 0 N–H and O–H groups in total. The average Bonchev–Trinajstić information content (AvgIpc) is 2.64. The molecule has 0 unspecified atom stereocenters. The van der Waals surface area contributed by atoms with E-state index < -0.39 is 11.6 Å². The summed E-state index contributed by atoms with van der Waals surface area (Å²) in [5.41, 5.74) is 2.44. The van der Waals surface area contributed by atoms with Gasteiger partial charge in [0.2, 0.25) is 5.43 Å². The number of hydrogen-bond donors (Lipinski definition) is 0. The van der Waals surface area contributed by atoms with Gasteiger partial charge in [0.15, 0.2) is 5.75 Å². The zero-order valence-corrected chi connectivity index (χ0v) is 14.4. The number of allylic oxidation sites excluding steroid dienone is 1. The minimum absolute atomic E-state index is 0.0604. The van der Waals surface area contributed by atoms with Gasteiger partial charge in [-0.25, -0.2) is 0 Å². The van der Waals surface area contributed by atoms with Gasteiger partial charge in [-0.2, -0.15) is 13.2 Å². The fourth-order valence-corrected chi connectivity index (χ4v) is 2.65. The van der Waals surface area contributed by atoms with E-state index >= 15 is 0 Å². The van der Waals surface area contributed by atoms with Gasteiger partial charge in [-0.15, -0.1) is 0 Å². The summed E-state index contributed by atoms with van der Waals surface area (Å²) >= 11 is 0. The summed E-state index contributed by atoms with van der Waals surface area (Å²) in [4.78, 5) is 12.7. The van der Waals surface area contributed by atoms with Crippen LogP contribution < -0.4 is 10.2 Å². The van der Waals surface area contributed by atoms with Crippen LogP contribution in [0.5, 0.6) is 5.75 Å². The minimum Gasteiger partial charge on any atom is -0.459 e. The van der Waals surface area contributed by atoms with E-state index in [1.165, 1.54) is 6.20 Å². The summed E-state index contributed by atoms with van der Waals surface area (Å²) in [5, 5.41) is 0. The van der Waals surface area contributed by atoms with Crippen molar-refractivity contribution < 1.29 is 17.9 Å². The molecule has 138 valence electrons. The van der Waals surface area contributed by atoms with Crippen LogP contribution in [-0.4, -0.2) is 10.7 Å². The van der Waals surface area contributed by atoms with Crippen LogP contribution in [0.2, 0.25) is 0 Å². The van der Waals surface area contributed by atoms with E-state index in [0.717, 1.165) is 11.1 Å². The van der Waals surface area contributed by atoms with Crippen LogP contribution >= 0.6 is 0 Å². The van der Waals surface area contributed by atoms with E-state index in [1.807, 2.05) is 48.5 Å². The Kier molecular flexibility index (Phi) is 5.16. The van der Waals surface area contributed by atoms with Crippen LogP contribution in [0, 0.1) is 0 Å². The lowest BCUT2D eigenvalue weighted by Gasteiger charge is -2.10. The molecule has 3 rings (SSSR count). The van der Waals surface area contributed by atoms with E-state index in [0.29, 0.717) is 17.4 Å². The van der Waals surface area contributed by atoms with Crippen molar-refractivity contribution >= 4 is 0 Å². The number of alkyl halides is 3. The van der Waals surface area contributed by atoms with Crippen LogP contribution in [0.3, 0.4) is 0 Å². The van der Waals surface area contributed by atoms with Crippen LogP contribution in [-0.2, 0) is 7.05 Å². The van der Waals surface area contributed by atoms with Crippen molar-refractivity contribution in [1.82, 2.24) is 4.57 Å². The molecule has 1 aromatic heterocycles. The maximum atomic E-state index is 12.7. The van der Waals surface area contributed by atoms with E-state index in [1.54, 1.807) is 23.9 Å². The molecule has 27 heavy (non-hydrogen) atoms. The lowest BCUT2D eigenvalue weighted by atomic mass is 10.00. The monoisotopic (exact) mass is 371 g/mol.